The van der Waals surface area contributed by atoms with Crippen molar-refractivity contribution in [3.05, 3.63) is 59.4 Å². The van der Waals surface area contributed by atoms with Crippen molar-refractivity contribution >= 4 is 6.29 Å². The van der Waals surface area contributed by atoms with E-state index in [1.807, 2.05) is 32.0 Å². The molecule has 2 rings (SSSR count). The lowest BCUT2D eigenvalue weighted by molar-refractivity contribution is 0.112. The zero-order valence-electron chi connectivity index (χ0n) is 10.9. The van der Waals surface area contributed by atoms with Gasteiger partial charge in [0.2, 0.25) is 0 Å². The number of benzene rings is 2. The van der Waals surface area contributed by atoms with E-state index in [0.29, 0.717) is 12.0 Å². The molecule has 0 heterocycles. The molecule has 0 aliphatic carbocycles. The zero-order chi connectivity index (χ0) is 13.8. The molecule has 0 amide bonds. The molecule has 0 aliphatic heterocycles. The quantitative estimate of drug-likeness (QED) is 0.752. The summed E-state index contributed by atoms with van der Waals surface area (Å²) in [6.45, 7) is 4.06. The molecule has 98 valence electrons. The van der Waals surface area contributed by atoms with Crippen LogP contribution in [-0.2, 0) is 0 Å². The summed E-state index contributed by atoms with van der Waals surface area (Å²) in [6, 6.07) is 11.7. The topological polar surface area (TPSA) is 26.3 Å². The van der Waals surface area contributed by atoms with Gasteiger partial charge in [0.1, 0.15) is 5.75 Å². The predicted molar refractivity (Wildman–Crippen MR) is 72.4 cm³/mol. The summed E-state index contributed by atoms with van der Waals surface area (Å²) in [5, 5.41) is 0. The van der Waals surface area contributed by atoms with E-state index in [1.165, 1.54) is 18.2 Å². The summed E-state index contributed by atoms with van der Waals surface area (Å²) in [6.07, 6.45) is 0.594. The first-order chi connectivity index (χ1) is 9.13. The molecule has 0 N–H and O–H groups in total. The number of carbonyl (C=O) groups excluding carboxylic acids is 1. The largest absolute Gasteiger partial charge is 0.453 e. The SMILES string of the molecule is CC(C)c1ccccc1Oc1c(F)cccc1C=O. The van der Waals surface area contributed by atoms with Crippen LogP contribution in [0.1, 0.15) is 35.7 Å². The van der Waals surface area contributed by atoms with Crippen LogP contribution in [-0.4, -0.2) is 6.29 Å². The minimum absolute atomic E-state index is 0.0226. The van der Waals surface area contributed by atoms with Crippen molar-refractivity contribution in [3.8, 4) is 11.5 Å². The number of ether oxygens (including phenoxy) is 1. The lowest BCUT2D eigenvalue weighted by atomic mass is 10.0. The molecule has 0 aliphatic rings. The van der Waals surface area contributed by atoms with Crippen LogP contribution in [0.4, 0.5) is 4.39 Å². The maximum absolute atomic E-state index is 13.8. The molecule has 0 spiro atoms. The van der Waals surface area contributed by atoms with Crippen molar-refractivity contribution in [3.63, 3.8) is 0 Å². The first-order valence-electron chi connectivity index (χ1n) is 6.14. The van der Waals surface area contributed by atoms with E-state index < -0.39 is 5.82 Å². The summed E-state index contributed by atoms with van der Waals surface area (Å²) in [7, 11) is 0. The summed E-state index contributed by atoms with van der Waals surface area (Å²) in [5.74, 6) is 0.266. The van der Waals surface area contributed by atoms with E-state index in [9.17, 15) is 9.18 Å². The highest BCUT2D eigenvalue weighted by Gasteiger charge is 2.13. The molecule has 2 nitrogen and oxygen atoms in total. The molecule has 0 bridgehead atoms. The van der Waals surface area contributed by atoms with E-state index in [2.05, 4.69) is 0 Å². The maximum Gasteiger partial charge on any atom is 0.173 e. The van der Waals surface area contributed by atoms with E-state index in [4.69, 9.17) is 4.74 Å². The fourth-order valence-corrected chi connectivity index (χ4v) is 1.89. The molecular weight excluding hydrogens is 243 g/mol. The number of hydrogen-bond donors (Lipinski definition) is 0. The molecule has 2 aromatic rings. The number of halogens is 1. The Morgan fingerprint density at radius 2 is 1.84 bits per heavy atom. The highest BCUT2D eigenvalue weighted by molar-refractivity contribution is 5.79. The summed E-state index contributed by atoms with van der Waals surface area (Å²) in [4.78, 5) is 10.9. The monoisotopic (exact) mass is 258 g/mol. The Morgan fingerprint density at radius 3 is 2.53 bits per heavy atom. The molecule has 0 aromatic heterocycles. The number of hydrogen-bond acceptors (Lipinski definition) is 2. The van der Waals surface area contributed by atoms with Crippen LogP contribution in [0.3, 0.4) is 0 Å². The lowest BCUT2D eigenvalue weighted by Gasteiger charge is -2.14. The van der Waals surface area contributed by atoms with Crippen molar-refractivity contribution in [2.75, 3.05) is 0 Å². The van der Waals surface area contributed by atoms with Crippen LogP contribution < -0.4 is 4.74 Å². The van der Waals surface area contributed by atoms with Gasteiger partial charge in [0.25, 0.3) is 0 Å². The number of para-hydroxylation sites is 2. The van der Waals surface area contributed by atoms with Gasteiger partial charge in [-0.2, -0.15) is 0 Å². The van der Waals surface area contributed by atoms with E-state index in [-0.39, 0.29) is 17.2 Å². The van der Waals surface area contributed by atoms with Gasteiger partial charge in [-0.15, -0.1) is 0 Å². The van der Waals surface area contributed by atoms with Crippen molar-refractivity contribution in [1.82, 2.24) is 0 Å². The van der Waals surface area contributed by atoms with Gasteiger partial charge in [-0.1, -0.05) is 38.1 Å². The standard InChI is InChI=1S/C16H15FO2/c1-11(2)13-7-3-4-9-15(13)19-16-12(10-18)6-5-8-14(16)17/h3-11H,1-2H3. The third-order valence-electron chi connectivity index (χ3n) is 2.88. The fourth-order valence-electron chi connectivity index (χ4n) is 1.89. The molecule has 0 unspecified atom stereocenters. The summed E-state index contributed by atoms with van der Waals surface area (Å²) in [5.41, 5.74) is 1.18. The second-order valence-corrected chi connectivity index (χ2v) is 4.57. The average molecular weight is 258 g/mol. The Balaban J connectivity index is 2.45. The Bertz CT molecular complexity index is 591. The number of rotatable bonds is 4. The number of aldehydes is 1. The second kappa shape index (κ2) is 5.65. The van der Waals surface area contributed by atoms with Gasteiger partial charge in [-0.05, 0) is 29.7 Å². The van der Waals surface area contributed by atoms with Crippen molar-refractivity contribution < 1.29 is 13.9 Å². The Kier molecular flexibility index (Phi) is 3.95. The maximum atomic E-state index is 13.8. The molecule has 0 fully saturated rings. The minimum atomic E-state index is -0.539. The van der Waals surface area contributed by atoms with Crippen molar-refractivity contribution in [2.24, 2.45) is 0 Å². The minimum Gasteiger partial charge on any atom is -0.453 e. The lowest BCUT2D eigenvalue weighted by Crippen LogP contribution is -1.98. The average Bonchev–Trinajstić information content (AvgIpc) is 2.41. The van der Waals surface area contributed by atoms with E-state index in [0.717, 1.165) is 5.56 Å². The van der Waals surface area contributed by atoms with Gasteiger partial charge < -0.3 is 4.74 Å². The van der Waals surface area contributed by atoms with E-state index >= 15 is 0 Å². The first kappa shape index (κ1) is 13.3. The van der Waals surface area contributed by atoms with Gasteiger partial charge in [0.05, 0.1) is 5.56 Å². The van der Waals surface area contributed by atoms with Crippen LogP contribution in [0.25, 0.3) is 0 Å². The normalized spacial score (nSPS) is 10.5. The molecule has 3 heteroatoms. The highest BCUT2D eigenvalue weighted by atomic mass is 19.1. The van der Waals surface area contributed by atoms with Crippen LogP contribution in [0, 0.1) is 5.82 Å². The van der Waals surface area contributed by atoms with Crippen LogP contribution in [0.15, 0.2) is 42.5 Å². The fraction of sp³-hybridized carbons (Fsp3) is 0.188. The zero-order valence-corrected chi connectivity index (χ0v) is 10.9. The summed E-state index contributed by atoms with van der Waals surface area (Å²) < 4.78 is 19.4. The Hall–Kier alpha value is -2.16. The second-order valence-electron chi connectivity index (χ2n) is 4.57. The first-order valence-corrected chi connectivity index (χ1v) is 6.14. The van der Waals surface area contributed by atoms with Gasteiger partial charge in [0.15, 0.2) is 17.9 Å². The van der Waals surface area contributed by atoms with Gasteiger partial charge in [-0.25, -0.2) is 4.39 Å². The van der Waals surface area contributed by atoms with Gasteiger partial charge in [-0.3, -0.25) is 4.79 Å². The van der Waals surface area contributed by atoms with E-state index in [1.54, 1.807) is 6.07 Å². The van der Waals surface area contributed by atoms with Crippen LogP contribution >= 0.6 is 0 Å². The highest BCUT2D eigenvalue weighted by Crippen LogP contribution is 2.33. The Labute approximate surface area is 111 Å². The molecular formula is C16H15FO2. The predicted octanol–water partition coefficient (Wildman–Crippen LogP) is 4.55. The molecule has 0 saturated heterocycles. The van der Waals surface area contributed by atoms with Crippen molar-refractivity contribution in [2.45, 2.75) is 19.8 Å². The molecule has 2 aromatic carbocycles. The summed E-state index contributed by atoms with van der Waals surface area (Å²) >= 11 is 0. The number of carbonyl (C=O) groups is 1. The van der Waals surface area contributed by atoms with Crippen LogP contribution in [0.2, 0.25) is 0 Å². The van der Waals surface area contributed by atoms with Gasteiger partial charge in [0, 0.05) is 0 Å². The molecule has 19 heavy (non-hydrogen) atoms. The van der Waals surface area contributed by atoms with Crippen molar-refractivity contribution in [1.29, 1.82) is 0 Å². The molecule has 0 saturated carbocycles. The molecule has 0 radical (unpaired) electrons. The smallest absolute Gasteiger partial charge is 0.173 e. The Morgan fingerprint density at radius 1 is 1.11 bits per heavy atom. The van der Waals surface area contributed by atoms with Crippen LogP contribution in [0.5, 0.6) is 11.5 Å². The van der Waals surface area contributed by atoms with Gasteiger partial charge >= 0.3 is 0 Å². The third kappa shape index (κ3) is 2.81. The third-order valence-corrected chi connectivity index (χ3v) is 2.88. The molecule has 0 atom stereocenters.